The smallest absolute Gasteiger partial charge is 0.0465 e. The average molecular weight is 636 g/mol. The van der Waals surface area contributed by atoms with Crippen molar-refractivity contribution in [3.8, 4) is 33.4 Å². The standard InChI is InChI=1S/C48H45N/c1-47(2)43-18-12-11-17-39(43)41-29-34(21-27-44(41)47)35-22-28-45-42(30-35)40-26-25-38(31-46(40)48(45,3)4)49(36-15-9-6-10-16-36)37-23-19-33(20-24-37)32-13-7-5-8-14-32/h6,9-12,15-32H,5,7-8,13-14H2,1-4H3. The monoisotopic (exact) mass is 635 g/mol. The number of hydrogen-bond donors (Lipinski definition) is 0. The first-order chi connectivity index (χ1) is 23.8. The molecule has 1 heteroatoms. The summed E-state index contributed by atoms with van der Waals surface area (Å²) >= 11 is 0. The van der Waals surface area contributed by atoms with Crippen LogP contribution in [0.25, 0.3) is 33.4 Å². The summed E-state index contributed by atoms with van der Waals surface area (Å²) in [5.41, 5.74) is 18.7. The van der Waals surface area contributed by atoms with Gasteiger partial charge in [0.1, 0.15) is 0 Å². The number of hydrogen-bond acceptors (Lipinski definition) is 1. The second-order valence-electron chi connectivity index (χ2n) is 15.6. The molecule has 0 saturated heterocycles. The number of para-hydroxylation sites is 1. The van der Waals surface area contributed by atoms with Crippen LogP contribution in [-0.4, -0.2) is 0 Å². The van der Waals surface area contributed by atoms with Crippen LogP contribution in [0.5, 0.6) is 0 Å². The molecule has 0 amide bonds. The van der Waals surface area contributed by atoms with Gasteiger partial charge in [0.25, 0.3) is 0 Å². The van der Waals surface area contributed by atoms with Crippen LogP contribution in [0, 0.1) is 0 Å². The predicted octanol–water partition coefficient (Wildman–Crippen LogP) is 13.5. The van der Waals surface area contributed by atoms with Gasteiger partial charge in [-0.3, -0.25) is 0 Å². The van der Waals surface area contributed by atoms with E-state index in [-0.39, 0.29) is 10.8 Å². The van der Waals surface area contributed by atoms with Crippen LogP contribution >= 0.6 is 0 Å². The molecule has 1 fully saturated rings. The SMILES string of the molecule is CC1(C)c2ccccc2-c2cc(-c3ccc4c(c3)-c3ccc(N(c5ccccc5)c5ccc(C6CCCCC6)cc5)cc3C4(C)C)ccc21. The maximum absolute atomic E-state index is 2.45. The Morgan fingerprint density at radius 2 is 0.959 bits per heavy atom. The Morgan fingerprint density at radius 1 is 0.429 bits per heavy atom. The lowest BCUT2D eigenvalue weighted by molar-refractivity contribution is 0.443. The molecule has 0 spiro atoms. The molecule has 0 N–H and O–H groups in total. The van der Waals surface area contributed by atoms with Crippen LogP contribution in [0.2, 0.25) is 0 Å². The van der Waals surface area contributed by atoms with Gasteiger partial charge in [-0.25, -0.2) is 0 Å². The highest BCUT2D eigenvalue weighted by atomic mass is 15.1. The highest BCUT2D eigenvalue weighted by molar-refractivity contribution is 5.89. The lowest BCUT2D eigenvalue weighted by atomic mass is 9.81. The summed E-state index contributed by atoms with van der Waals surface area (Å²) < 4.78 is 0. The maximum Gasteiger partial charge on any atom is 0.0465 e. The molecular weight excluding hydrogens is 591 g/mol. The van der Waals surface area contributed by atoms with Crippen molar-refractivity contribution in [1.82, 2.24) is 0 Å². The Balaban J connectivity index is 1.10. The fourth-order valence-corrected chi connectivity index (χ4v) is 9.32. The number of benzene rings is 6. The van der Waals surface area contributed by atoms with Gasteiger partial charge in [0.2, 0.25) is 0 Å². The third-order valence-electron chi connectivity index (χ3n) is 12.1. The second-order valence-corrected chi connectivity index (χ2v) is 15.6. The van der Waals surface area contributed by atoms with E-state index in [4.69, 9.17) is 0 Å². The van der Waals surface area contributed by atoms with E-state index in [1.807, 2.05) is 0 Å². The zero-order valence-corrected chi connectivity index (χ0v) is 29.3. The van der Waals surface area contributed by atoms with Crippen LogP contribution in [0.15, 0.2) is 133 Å². The molecule has 3 aliphatic rings. The third kappa shape index (κ3) is 4.81. The molecule has 0 aromatic heterocycles. The maximum atomic E-state index is 2.45. The van der Waals surface area contributed by atoms with Crippen molar-refractivity contribution in [3.63, 3.8) is 0 Å². The lowest BCUT2D eigenvalue weighted by Crippen LogP contribution is -2.16. The molecule has 1 saturated carbocycles. The van der Waals surface area contributed by atoms with Gasteiger partial charge in [0, 0.05) is 27.9 Å². The van der Waals surface area contributed by atoms with E-state index >= 15 is 0 Å². The van der Waals surface area contributed by atoms with Gasteiger partial charge in [0.05, 0.1) is 0 Å². The van der Waals surface area contributed by atoms with Gasteiger partial charge in [-0.1, -0.05) is 132 Å². The average Bonchev–Trinajstić information content (AvgIpc) is 3.51. The van der Waals surface area contributed by atoms with Gasteiger partial charge in [-0.2, -0.15) is 0 Å². The van der Waals surface area contributed by atoms with Crippen LogP contribution in [0.3, 0.4) is 0 Å². The van der Waals surface area contributed by atoms with Crippen molar-refractivity contribution < 1.29 is 0 Å². The van der Waals surface area contributed by atoms with Gasteiger partial charge in [-0.05, 0) is 128 Å². The highest BCUT2D eigenvalue weighted by Gasteiger charge is 2.37. The largest absolute Gasteiger partial charge is 0.310 e. The number of nitrogens with zero attached hydrogens (tertiary/aromatic N) is 1. The summed E-state index contributed by atoms with van der Waals surface area (Å²) in [7, 11) is 0. The van der Waals surface area contributed by atoms with Crippen LogP contribution < -0.4 is 4.90 Å². The summed E-state index contributed by atoms with van der Waals surface area (Å²) in [5.74, 6) is 0.705. The van der Waals surface area contributed by atoms with Crippen molar-refractivity contribution in [1.29, 1.82) is 0 Å². The Bertz CT molecular complexity index is 2200. The zero-order chi connectivity index (χ0) is 33.3. The van der Waals surface area contributed by atoms with Crippen LogP contribution in [0.1, 0.15) is 93.5 Å². The van der Waals surface area contributed by atoms with E-state index in [0.717, 1.165) is 0 Å². The second kappa shape index (κ2) is 11.3. The fraction of sp³-hybridized carbons (Fsp3) is 0.250. The first-order valence-corrected chi connectivity index (χ1v) is 18.3. The molecule has 1 nitrogen and oxygen atoms in total. The van der Waals surface area contributed by atoms with Crippen molar-refractivity contribution in [2.24, 2.45) is 0 Å². The third-order valence-corrected chi connectivity index (χ3v) is 12.1. The molecule has 242 valence electrons. The van der Waals surface area contributed by atoms with Crippen molar-refractivity contribution in [2.45, 2.75) is 76.5 Å². The van der Waals surface area contributed by atoms with Crippen LogP contribution in [-0.2, 0) is 10.8 Å². The molecule has 0 radical (unpaired) electrons. The van der Waals surface area contributed by atoms with E-state index in [0.29, 0.717) is 5.92 Å². The quantitative estimate of drug-likeness (QED) is 0.182. The lowest BCUT2D eigenvalue weighted by Gasteiger charge is -2.29. The van der Waals surface area contributed by atoms with E-state index in [1.54, 1.807) is 0 Å². The minimum atomic E-state index is -0.104. The molecule has 0 aliphatic heterocycles. The molecule has 0 heterocycles. The Kier molecular flexibility index (Phi) is 6.99. The molecule has 6 aromatic rings. The van der Waals surface area contributed by atoms with Gasteiger partial charge >= 0.3 is 0 Å². The fourth-order valence-electron chi connectivity index (χ4n) is 9.32. The van der Waals surface area contributed by atoms with Crippen molar-refractivity contribution in [2.75, 3.05) is 4.90 Å². The van der Waals surface area contributed by atoms with Crippen molar-refractivity contribution in [3.05, 3.63) is 161 Å². The molecule has 9 rings (SSSR count). The molecular formula is C48H45N. The Morgan fingerprint density at radius 3 is 1.63 bits per heavy atom. The molecule has 49 heavy (non-hydrogen) atoms. The normalized spacial score (nSPS) is 16.8. The molecule has 0 atom stereocenters. The van der Waals surface area contributed by atoms with Gasteiger partial charge in [-0.15, -0.1) is 0 Å². The summed E-state index contributed by atoms with van der Waals surface area (Å²) in [6.07, 6.45) is 6.75. The zero-order valence-electron chi connectivity index (χ0n) is 29.3. The number of fused-ring (bicyclic) bond motifs is 6. The van der Waals surface area contributed by atoms with Crippen molar-refractivity contribution >= 4 is 17.1 Å². The summed E-state index contributed by atoms with van der Waals surface area (Å²) in [4.78, 5) is 2.43. The van der Waals surface area contributed by atoms with Gasteiger partial charge < -0.3 is 4.90 Å². The minimum absolute atomic E-state index is 0.0219. The van der Waals surface area contributed by atoms with Gasteiger partial charge in [0.15, 0.2) is 0 Å². The molecule has 0 bridgehead atoms. The molecule has 6 aromatic carbocycles. The first-order valence-electron chi connectivity index (χ1n) is 18.3. The molecule has 0 unspecified atom stereocenters. The summed E-state index contributed by atoms with van der Waals surface area (Å²) in [5, 5.41) is 0. The van der Waals surface area contributed by atoms with E-state index in [1.165, 1.54) is 110 Å². The Labute approximate surface area is 292 Å². The summed E-state index contributed by atoms with van der Waals surface area (Å²) in [6.45, 7) is 9.49. The van der Waals surface area contributed by atoms with E-state index in [9.17, 15) is 0 Å². The van der Waals surface area contributed by atoms with E-state index < -0.39 is 0 Å². The van der Waals surface area contributed by atoms with E-state index in [2.05, 4.69) is 166 Å². The predicted molar refractivity (Wildman–Crippen MR) is 208 cm³/mol. The number of rotatable bonds is 5. The first kappa shape index (κ1) is 30.2. The number of anilines is 3. The summed E-state index contributed by atoms with van der Waals surface area (Å²) in [6, 6.07) is 50.6. The topological polar surface area (TPSA) is 3.24 Å². The minimum Gasteiger partial charge on any atom is -0.310 e. The Hall–Kier alpha value is -4.88. The van der Waals surface area contributed by atoms with Crippen LogP contribution in [0.4, 0.5) is 17.1 Å². The molecule has 3 aliphatic carbocycles. The highest BCUT2D eigenvalue weighted by Crippen LogP contribution is 2.53.